The second-order valence-corrected chi connectivity index (χ2v) is 7.84. The molecule has 1 fully saturated rings. The first-order valence-corrected chi connectivity index (χ1v) is 10.9. The molecule has 11 heteroatoms. The molecule has 3 aromatic rings. The Kier molecular flexibility index (Phi) is 7.45. The zero-order valence-corrected chi connectivity index (χ0v) is 18.4. The van der Waals surface area contributed by atoms with Gasteiger partial charge in [0, 0.05) is 12.8 Å². The van der Waals surface area contributed by atoms with Crippen LogP contribution in [0, 0.1) is 0 Å². The van der Waals surface area contributed by atoms with Crippen LogP contribution < -0.4 is 5.73 Å². The Morgan fingerprint density at radius 1 is 1.33 bits per heavy atom. The number of hydrogen-bond acceptors (Lipinski definition) is 10. The number of nitrogen functional groups attached to an aromatic ring is 1. The molecule has 11 nitrogen and oxygen atoms in total. The van der Waals surface area contributed by atoms with E-state index >= 15 is 0 Å². The number of rotatable bonds is 10. The van der Waals surface area contributed by atoms with Crippen LogP contribution in [-0.4, -0.2) is 67.8 Å². The minimum Gasteiger partial charge on any atom is -0.464 e. The van der Waals surface area contributed by atoms with E-state index in [2.05, 4.69) is 15.0 Å². The fourth-order valence-corrected chi connectivity index (χ4v) is 3.69. The van der Waals surface area contributed by atoms with Crippen molar-refractivity contribution in [1.29, 1.82) is 0 Å². The molecule has 3 heterocycles. The summed E-state index contributed by atoms with van der Waals surface area (Å²) in [5.41, 5.74) is 7.86. The lowest BCUT2D eigenvalue weighted by molar-refractivity contribution is -0.210. The van der Waals surface area contributed by atoms with Crippen molar-refractivity contribution in [2.75, 3.05) is 25.7 Å². The lowest BCUT2D eigenvalue weighted by Crippen LogP contribution is -2.43. The quantitative estimate of drug-likeness (QED) is 0.264. The van der Waals surface area contributed by atoms with Crippen molar-refractivity contribution >= 4 is 23.0 Å². The predicted octanol–water partition coefficient (Wildman–Crippen LogP) is 1.93. The molecule has 1 aliphatic heterocycles. The fourth-order valence-electron chi connectivity index (χ4n) is 3.69. The van der Waals surface area contributed by atoms with Crippen LogP contribution in [0.25, 0.3) is 11.2 Å². The summed E-state index contributed by atoms with van der Waals surface area (Å²) in [4.78, 5) is 25.0. The van der Waals surface area contributed by atoms with E-state index in [-0.39, 0.29) is 19.1 Å². The van der Waals surface area contributed by atoms with Crippen molar-refractivity contribution in [2.24, 2.45) is 0 Å². The molecule has 0 saturated carbocycles. The molecule has 0 radical (unpaired) electrons. The molecule has 0 aliphatic carbocycles. The summed E-state index contributed by atoms with van der Waals surface area (Å²) in [5.74, 6) is -0.186. The standard InChI is InChI=1S/C22H28N6O5/c1-2-8-31-22(29)17(9-15-6-4-3-5-7-15)28(30)14-33-16-10-18(32-11-16)27-13-26-19-20(23)24-12-25-21(19)27/h3-7,12-13,16-18,30H,2,8-11,14H2,1H3,(H2,23,24,25)/t16-,17+,18-/m1/s1. The van der Waals surface area contributed by atoms with Crippen molar-refractivity contribution in [3.63, 3.8) is 0 Å². The number of carbonyl (C=O) groups excluding carboxylic acids is 1. The van der Waals surface area contributed by atoms with Crippen LogP contribution in [0.15, 0.2) is 43.0 Å². The Hall–Kier alpha value is -3.12. The first-order valence-electron chi connectivity index (χ1n) is 10.9. The van der Waals surface area contributed by atoms with E-state index in [1.807, 2.05) is 37.3 Å². The van der Waals surface area contributed by atoms with Crippen LogP contribution in [0.5, 0.6) is 0 Å². The first-order chi connectivity index (χ1) is 16.1. The number of ether oxygens (including phenoxy) is 3. The number of hydroxylamine groups is 2. The Labute approximate surface area is 191 Å². The van der Waals surface area contributed by atoms with Crippen molar-refractivity contribution in [1.82, 2.24) is 24.6 Å². The lowest BCUT2D eigenvalue weighted by Gasteiger charge is -2.25. The topological polar surface area (TPSA) is 138 Å². The van der Waals surface area contributed by atoms with Gasteiger partial charge in [0.25, 0.3) is 0 Å². The van der Waals surface area contributed by atoms with E-state index in [1.54, 1.807) is 10.9 Å². The van der Waals surface area contributed by atoms with Gasteiger partial charge in [-0.05, 0) is 12.0 Å². The Bertz CT molecular complexity index is 1060. The molecular weight excluding hydrogens is 428 g/mol. The molecule has 1 aromatic carbocycles. The Balaban J connectivity index is 1.36. The number of fused-ring (bicyclic) bond motifs is 1. The van der Waals surface area contributed by atoms with Gasteiger partial charge < -0.3 is 25.2 Å². The van der Waals surface area contributed by atoms with Crippen molar-refractivity contribution in [3.8, 4) is 0 Å². The fraction of sp³-hybridized carbons (Fsp3) is 0.455. The monoisotopic (exact) mass is 456 g/mol. The van der Waals surface area contributed by atoms with Gasteiger partial charge in [-0.3, -0.25) is 9.36 Å². The molecule has 0 bridgehead atoms. The molecule has 3 N–H and O–H groups in total. The summed E-state index contributed by atoms with van der Waals surface area (Å²) in [7, 11) is 0. The minimum atomic E-state index is -0.880. The van der Waals surface area contributed by atoms with Crippen molar-refractivity contribution < 1.29 is 24.2 Å². The molecule has 0 amide bonds. The normalized spacial score (nSPS) is 19.2. The van der Waals surface area contributed by atoms with E-state index in [4.69, 9.17) is 19.9 Å². The van der Waals surface area contributed by atoms with Gasteiger partial charge in [0.1, 0.15) is 30.8 Å². The Morgan fingerprint density at radius 3 is 2.94 bits per heavy atom. The van der Waals surface area contributed by atoms with E-state index in [9.17, 15) is 10.0 Å². The maximum absolute atomic E-state index is 12.6. The average molecular weight is 457 g/mol. The zero-order chi connectivity index (χ0) is 23.2. The van der Waals surface area contributed by atoms with E-state index < -0.39 is 12.0 Å². The summed E-state index contributed by atoms with van der Waals surface area (Å²) in [5, 5.41) is 11.5. The third kappa shape index (κ3) is 5.45. The van der Waals surface area contributed by atoms with Crippen LogP contribution >= 0.6 is 0 Å². The highest BCUT2D eigenvalue weighted by molar-refractivity contribution is 5.81. The number of nitrogens with two attached hydrogens (primary N) is 1. The molecule has 33 heavy (non-hydrogen) atoms. The van der Waals surface area contributed by atoms with Crippen LogP contribution in [0.1, 0.15) is 31.6 Å². The molecule has 0 unspecified atom stereocenters. The van der Waals surface area contributed by atoms with Gasteiger partial charge in [-0.15, -0.1) is 0 Å². The Morgan fingerprint density at radius 2 is 2.15 bits per heavy atom. The molecule has 1 saturated heterocycles. The van der Waals surface area contributed by atoms with E-state index in [0.29, 0.717) is 49.5 Å². The number of benzene rings is 1. The van der Waals surface area contributed by atoms with Gasteiger partial charge in [0.15, 0.2) is 11.5 Å². The highest BCUT2D eigenvalue weighted by atomic mass is 16.6. The van der Waals surface area contributed by atoms with Gasteiger partial charge in [0.2, 0.25) is 0 Å². The molecular formula is C22H28N6O5. The first kappa shape index (κ1) is 23.1. The number of imidazole rings is 1. The molecule has 2 aromatic heterocycles. The van der Waals surface area contributed by atoms with Crippen LogP contribution in [0.3, 0.4) is 0 Å². The van der Waals surface area contributed by atoms with Crippen LogP contribution in [0.4, 0.5) is 5.82 Å². The van der Waals surface area contributed by atoms with Gasteiger partial charge in [0.05, 0.1) is 25.6 Å². The van der Waals surface area contributed by atoms with Gasteiger partial charge in [-0.25, -0.2) is 15.0 Å². The second-order valence-electron chi connectivity index (χ2n) is 7.84. The predicted molar refractivity (Wildman–Crippen MR) is 118 cm³/mol. The average Bonchev–Trinajstić information content (AvgIpc) is 3.48. The summed E-state index contributed by atoms with van der Waals surface area (Å²) < 4.78 is 18.8. The lowest BCUT2D eigenvalue weighted by atomic mass is 10.1. The highest BCUT2D eigenvalue weighted by Crippen LogP contribution is 2.29. The number of esters is 1. The molecule has 0 spiro atoms. The van der Waals surface area contributed by atoms with Crippen molar-refractivity contribution in [2.45, 2.75) is 44.6 Å². The van der Waals surface area contributed by atoms with Gasteiger partial charge in [-0.1, -0.05) is 37.3 Å². The number of hydrogen-bond donors (Lipinski definition) is 2. The smallest absolute Gasteiger partial charge is 0.326 e. The number of carbonyl (C=O) groups is 1. The summed E-state index contributed by atoms with van der Waals surface area (Å²) >= 11 is 0. The maximum atomic E-state index is 12.6. The third-order valence-electron chi connectivity index (χ3n) is 5.43. The van der Waals surface area contributed by atoms with Crippen LogP contribution in [-0.2, 0) is 25.4 Å². The summed E-state index contributed by atoms with van der Waals surface area (Å²) in [6.07, 6.45) is 3.89. The molecule has 3 atom stereocenters. The number of aromatic nitrogens is 4. The largest absolute Gasteiger partial charge is 0.464 e. The highest BCUT2D eigenvalue weighted by Gasteiger charge is 2.32. The summed E-state index contributed by atoms with van der Waals surface area (Å²) in [6, 6.07) is 8.58. The van der Waals surface area contributed by atoms with Crippen molar-refractivity contribution in [3.05, 3.63) is 48.5 Å². The number of anilines is 1. The maximum Gasteiger partial charge on any atom is 0.326 e. The summed E-state index contributed by atoms with van der Waals surface area (Å²) in [6.45, 7) is 2.37. The third-order valence-corrected chi connectivity index (χ3v) is 5.43. The second kappa shape index (κ2) is 10.7. The van der Waals surface area contributed by atoms with Gasteiger partial charge in [-0.2, -0.15) is 5.06 Å². The molecule has 1 aliphatic rings. The molecule has 176 valence electrons. The minimum absolute atomic E-state index is 0.167. The molecule has 4 rings (SSSR count). The van der Waals surface area contributed by atoms with E-state index in [1.165, 1.54) is 6.33 Å². The zero-order valence-electron chi connectivity index (χ0n) is 18.4. The van der Waals surface area contributed by atoms with Crippen LogP contribution in [0.2, 0.25) is 0 Å². The number of nitrogens with zero attached hydrogens (tertiary/aromatic N) is 5. The SMILES string of the molecule is CCCOC(=O)[C@H](Cc1ccccc1)N(O)CO[C@H]1CO[C@@H](n2cnc3c(N)ncnc32)C1. The van der Waals surface area contributed by atoms with Gasteiger partial charge >= 0.3 is 5.97 Å². The van der Waals surface area contributed by atoms with E-state index in [0.717, 1.165) is 10.6 Å².